The highest BCUT2D eigenvalue weighted by Crippen LogP contribution is 2.29. The Balaban J connectivity index is 1.34. The highest BCUT2D eigenvalue weighted by Gasteiger charge is 2.36. The predicted octanol–water partition coefficient (Wildman–Crippen LogP) is 1.49. The molecule has 2 aliphatic heterocycles. The predicted molar refractivity (Wildman–Crippen MR) is 90.8 cm³/mol. The first kappa shape index (κ1) is 15.6. The molecule has 3 heterocycles. The van der Waals surface area contributed by atoms with Crippen LogP contribution in [-0.2, 0) is 9.53 Å². The van der Waals surface area contributed by atoms with E-state index in [0.717, 1.165) is 63.1 Å². The zero-order chi connectivity index (χ0) is 16.4. The molecule has 3 aliphatic rings. The quantitative estimate of drug-likeness (QED) is 0.822. The molecule has 130 valence electrons. The molecule has 7 heteroatoms. The molecule has 1 saturated carbocycles. The molecule has 2 saturated heterocycles. The van der Waals surface area contributed by atoms with Gasteiger partial charge in [0, 0.05) is 38.4 Å². The summed E-state index contributed by atoms with van der Waals surface area (Å²) in [4.78, 5) is 23.2. The van der Waals surface area contributed by atoms with Gasteiger partial charge in [0.15, 0.2) is 0 Å². The Labute approximate surface area is 142 Å². The van der Waals surface area contributed by atoms with E-state index >= 15 is 0 Å². The van der Waals surface area contributed by atoms with Crippen molar-refractivity contribution in [3.05, 3.63) is 12.4 Å². The Morgan fingerprint density at radius 2 is 1.92 bits per heavy atom. The molecule has 7 nitrogen and oxygen atoms in total. The van der Waals surface area contributed by atoms with E-state index < -0.39 is 0 Å². The number of hydrogen-bond acceptors (Lipinski definition) is 6. The average molecular weight is 331 g/mol. The Kier molecular flexibility index (Phi) is 4.51. The van der Waals surface area contributed by atoms with Crippen LogP contribution in [0.2, 0.25) is 0 Å². The lowest BCUT2D eigenvalue weighted by Crippen LogP contribution is -2.43. The van der Waals surface area contributed by atoms with Crippen LogP contribution in [0.15, 0.2) is 12.4 Å². The van der Waals surface area contributed by atoms with E-state index in [9.17, 15) is 4.79 Å². The molecular weight excluding hydrogens is 306 g/mol. The molecule has 1 aromatic rings. The molecule has 3 fully saturated rings. The maximum absolute atomic E-state index is 12.7. The van der Waals surface area contributed by atoms with Gasteiger partial charge in [-0.15, -0.1) is 0 Å². The number of amides is 1. The maximum Gasteiger partial charge on any atom is 0.245 e. The lowest BCUT2D eigenvalue weighted by Gasteiger charge is -2.31. The first-order valence-corrected chi connectivity index (χ1v) is 9.00. The van der Waals surface area contributed by atoms with Crippen molar-refractivity contribution < 1.29 is 9.53 Å². The van der Waals surface area contributed by atoms with Crippen LogP contribution < -0.4 is 10.6 Å². The molecule has 1 aliphatic carbocycles. The van der Waals surface area contributed by atoms with Crippen LogP contribution in [0.4, 0.5) is 11.6 Å². The number of nitrogens with one attached hydrogen (secondary N) is 2. The Morgan fingerprint density at radius 1 is 1.12 bits per heavy atom. The second kappa shape index (κ2) is 6.93. The van der Waals surface area contributed by atoms with Gasteiger partial charge in [-0.1, -0.05) is 0 Å². The fourth-order valence-electron chi connectivity index (χ4n) is 3.48. The molecule has 1 aromatic heterocycles. The van der Waals surface area contributed by atoms with Gasteiger partial charge in [0.05, 0.1) is 0 Å². The van der Waals surface area contributed by atoms with Gasteiger partial charge in [0.25, 0.3) is 0 Å². The van der Waals surface area contributed by atoms with E-state index in [0.29, 0.717) is 6.04 Å². The third kappa shape index (κ3) is 3.61. The van der Waals surface area contributed by atoms with Crippen molar-refractivity contribution in [2.24, 2.45) is 5.92 Å². The summed E-state index contributed by atoms with van der Waals surface area (Å²) in [6.07, 6.45) is 6.88. The number of likely N-dealkylation sites (tertiary alicyclic amines) is 1. The zero-order valence-corrected chi connectivity index (χ0v) is 13.9. The molecule has 24 heavy (non-hydrogen) atoms. The first-order valence-electron chi connectivity index (χ1n) is 9.00. The molecule has 0 radical (unpaired) electrons. The number of anilines is 2. The van der Waals surface area contributed by atoms with Gasteiger partial charge in [-0.25, -0.2) is 9.97 Å². The van der Waals surface area contributed by atoms with E-state index in [1.807, 2.05) is 11.0 Å². The van der Waals surface area contributed by atoms with Gasteiger partial charge < -0.3 is 20.3 Å². The largest absolute Gasteiger partial charge is 0.381 e. The van der Waals surface area contributed by atoms with Crippen LogP contribution in [0.3, 0.4) is 0 Å². The van der Waals surface area contributed by atoms with Crippen LogP contribution in [0.1, 0.15) is 32.1 Å². The molecule has 0 aromatic carbocycles. The summed E-state index contributed by atoms with van der Waals surface area (Å²) < 4.78 is 5.40. The van der Waals surface area contributed by atoms with Crippen LogP contribution in [0.25, 0.3) is 0 Å². The Bertz CT molecular complexity index is 586. The number of rotatable bonds is 6. The second-order valence-corrected chi connectivity index (χ2v) is 6.97. The average Bonchev–Trinajstić information content (AvgIpc) is 3.38. The fourth-order valence-corrected chi connectivity index (χ4v) is 3.48. The Hall–Kier alpha value is -1.89. The molecule has 1 unspecified atom stereocenters. The minimum absolute atomic E-state index is 0.181. The monoisotopic (exact) mass is 331 g/mol. The van der Waals surface area contributed by atoms with Gasteiger partial charge in [-0.2, -0.15) is 0 Å². The van der Waals surface area contributed by atoms with Crippen LogP contribution >= 0.6 is 0 Å². The van der Waals surface area contributed by atoms with Crippen molar-refractivity contribution in [3.63, 3.8) is 0 Å². The smallest absolute Gasteiger partial charge is 0.245 e. The number of hydrogen-bond donors (Lipinski definition) is 2. The number of aromatic nitrogens is 2. The number of ether oxygens (including phenoxy) is 1. The van der Waals surface area contributed by atoms with Gasteiger partial charge in [-0.05, 0) is 38.0 Å². The Morgan fingerprint density at radius 3 is 2.71 bits per heavy atom. The first-order chi connectivity index (χ1) is 11.8. The molecule has 2 N–H and O–H groups in total. The van der Waals surface area contributed by atoms with Crippen molar-refractivity contribution in [1.29, 1.82) is 0 Å². The highest BCUT2D eigenvalue weighted by atomic mass is 16.5. The minimum atomic E-state index is -0.181. The van der Waals surface area contributed by atoms with Crippen molar-refractivity contribution in [2.75, 3.05) is 36.9 Å². The van der Waals surface area contributed by atoms with Crippen LogP contribution in [0, 0.1) is 5.92 Å². The minimum Gasteiger partial charge on any atom is -0.381 e. The number of carbonyl (C=O) groups is 1. The number of nitrogens with zero attached hydrogens (tertiary/aromatic N) is 3. The third-order valence-electron chi connectivity index (χ3n) is 5.13. The van der Waals surface area contributed by atoms with Crippen LogP contribution in [0.5, 0.6) is 0 Å². The van der Waals surface area contributed by atoms with Crippen molar-refractivity contribution in [2.45, 2.75) is 44.2 Å². The molecule has 4 rings (SSSR count). The standard InChI is InChI=1S/C17H25N5O2/c23-17-14(3-6-22(17)13-4-7-24-8-5-13)21-16-9-15(19-11-20-16)18-10-12-1-2-12/h9,11-14H,1-8,10H2,(H2,18,19,20,21). The van der Waals surface area contributed by atoms with Crippen molar-refractivity contribution >= 4 is 17.5 Å². The summed E-state index contributed by atoms with van der Waals surface area (Å²) in [7, 11) is 0. The topological polar surface area (TPSA) is 79.4 Å². The normalized spacial score (nSPS) is 25.1. The lowest BCUT2D eigenvalue weighted by molar-refractivity contribution is -0.131. The summed E-state index contributed by atoms with van der Waals surface area (Å²) in [6, 6.07) is 2.05. The van der Waals surface area contributed by atoms with Crippen molar-refractivity contribution in [1.82, 2.24) is 14.9 Å². The zero-order valence-electron chi connectivity index (χ0n) is 13.9. The summed E-state index contributed by atoms with van der Waals surface area (Å²) in [5, 5.41) is 6.63. The van der Waals surface area contributed by atoms with E-state index in [1.54, 1.807) is 6.33 Å². The van der Waals surface area contributed by atoms with Gasteiger partial charge in [0.1, 0.15) is 24.0 Å². The van der Waals surface area contributed by atoms with E-state index in [-0.39, 0.29) is 11.9 Å². The van der Waals surface area contributed by atoms with Gasteiger partial charge in [-0.3, -0.25) is 4.79 Å². The molecule has 0 bridgehead atoms. The SMILES string of the molecule is O=C1C(Nc2cc(NCC3CC3)ncn2)CCN1C1CCOCC1. The lowest BCUT2D eigenvalue weighted by atomic mass is 10.1. The third-order valence-corrected chi connectivity index (χ3v) is 5.13. The summed E-state index contributed by atoms with van der Waals surface area (Å²) >= 11 is 0. The van der Waals surface area contributed by atoms with Gasteiger partial charge in [0.2, 0.25) is 5.91 Å². The summed E-state index contributed by atoms with van der Waals surface area (Å²) in [5.41, 5.74) is 0. The highest BCUT2D eigenvalue weighted by molar-refractivity contribution is 5.86. The van der Waals surface area contributed by atoms with Crippen molar-refractivity contribution in [3.8, 4) is 0 Å². The fraction of sp³-hybridized carbons (Fsp3) is 0.706. The van der Waals surface area contributed by atoms with E-state index in [4.69, 9.17) is 4.74 Å². The maximum atomic E-state index is 12.7. The van der Waals surface area contributed by atoms with E-state index in [2.05, 4.69) is 20.6 Å². The summed E-state index contributed by atoms with van der Waals surface area (Å²) in [5.74, 6) is 2.52. The molecule has 1 amide bonds. The molecule has 0 spiro atoms. The second-order valence-electron chi connectivity index (χ2n) is 6.97. The van der Waals surface area contributed by atoms with Crippen LogP contribution in [-0.4, -0.2) is 59.2 Å². The summed E-state index contributed by atoms with van der Waals surface area (Å²) in [6.45, 7) is 3.30. The van der Waals surface area contributed by atoms with Gasteiger partial charge >= 0.3 is 0 Å². The molecular formula is C17H25N5O2. The molecule has 1 atom stereocenters. The van der Waals surface area contributed by atoms with E-state index in [1.165, 1.54) is 12.8 Å². The number of carbonyl (C=O) groups excluding carboxylic acids is 1.